The average molecular weight is 211 g/mol. The van der Waals surface area contributed by atoms with Crippen LogP contribution in [0.3, 0.4) is 0 Å². The minimum absolute atomic E-state index is 0.0277. The quantitative estimate of drug-likeness (QED) is 0.620. The maximum absolute atomic E-state index is 13.1. The van der Waals surface area contributed by atoms with Crippen molar-refractivity contribution in [3.8, 4) is 0 Å². The number of methoxy groups -OCH3 is 1. The van der Waals surface area contributed by atoms with E-state index < -0.39 is 23.9 Å². The van der Waals surface area contributed by atoms with E-state index >= 15 is 0 Å². The Morgan fingerprint density at radius 2 is 2.40 bits per heavy atom. The number of aliphatic imine (C=N–C) groups is 1. The van der Waals surface area contributed by atoms with Crippen LogP contribution in [0.2, 0.25) is 0 Å². The second-order valence-corrected chi connectivity index (χ2v) is 3.26. The van der Waals surface area contributed by atoms with Crippen molar-refractivity contribution >= 4 is 11.9 Å². The zero-order chi connectivity index (χ0) is 11.0. The summed E-state index contributed by atoms with van der Waals surface area (Å²) < 4.78 is 18.1. The number of guanidine groups is 1. The normalized spacial score (nSPS) is 29.7. The van der Waals surface area contributed by atoms with E-state index in [-0.39, 0.29) is 11.5 Å². The van der Waals surface area contributed by atoms with Gasteiger partial charge in [0.25, 0.3) is 5.91 Å². The molecular formula is C9H10FN3O2. The van der Waals surface area contributed by atoms with Gasteiger partial charge in [0.2, 0.25) is 0 Å². The number of rotatable bonds is 1. The highest BCUT2D eigenvalue weighted by atomic mass is 19.1. The first-order valence-electron chi connectivity index (χ1n) is 4.38. The highest BCUT2D eigenvalue weighted by Crippen LogP contribution is 2.25. The molecule has 0 aromatic heterocycles. The van der Waals surface area contributed by atoms with Gasteiger partial charge >= 0.3 is 0 Å². The molecule has 0 saturated carbocycles. The van der Waals surface area contributed by atoms with Gasteiger partial charge in [0, 0.05) is 12.7 Å². The third kappa shape index (κ3) is 1.63. The third-order valence-electron chi connectivity index (χ3n) is 2.30. The van der Waals surface area contributed by atoms with Crippen LogP contribution in [0.4, 0.5) is 4.39 Å². The Labute approximate surface area is 85.5 Å². The lowest BCUT2D eigenvalue weighted by Gasteiger charge is -2.28. The standard InChI is InChI=1S/C9H10FN3O2/c1-15-6-3-4(10)2-5-7(6)12-9(11)13-8(5)14/h2-3,6-7H,1H3,(H3,11,12,13,14). The summed E-state index contributed by atoms with van der Waals surface area (Å²) in [5, 5.41) is 2.31. The topological polar surface area (TPSA) is 76.7 Å². The Morgan fingerprint density at radius 1 is 1.67 bits per heavy atom. The van der Waals surface area contributed by atoms with Crippen LogP contribution in [-0.2, 0) is 9.53 Å². The Hall–Kier alpha value is -1.69. The summed E-state index contributed by atoms with van der Waals surface area (Å²) in [5.74, 6) is -0.906. The van der Waals surface area contributed by atoms with Crippen LogP contribution in [0.5, 0.6) is 0 Å². The monoisotopic (exact) mass is 211 g/mol. The summed E-state index contributed by atoms with van der Waals surface area (Å²) in [5.41, 5.74) is 5.64. The van der Waals surface area contributed by atoms with Crippen LogP contribution in [-0.4, -0.2) is 31.1 Å². The van der Waals surface area contributed by atoms with Crippen molar-refractivity contribution in [1.29, 1.82) is 0 Å². The highest BCUT2D eigenvalue weighted by Gasteiger charge is 2.34. The van der Waals surface area contributed by atoms with Crippen LogP contribution in [0.1, 0.15) is 0 Å². The summed E-state index contributed by atoms with van der Waals surface area (Å²) in [6, 6.07) is -0.553. The molecule has 0 radical (unpaired) electrons. The van der Waals surface area contributed by atoms with Crippen molar-refractivity contribution < 1.29 is 13.9 Å². The molecule has 2 atom stereocenters. The van der Waals surface area contributed by atoms with Crippen molar-refractivity contribution in [1.82, 2.24) is 5.32 Å². The lowest BCUT2D eigenvalue weighted by atomic mass is 9.94. The molecule has 5 nitrogen and oxygen atoms in total. The van der Waals surface area contributed by atoms with Gasteiger partial charge in [0.15, 0.2) is 5.96 Å². The van der Waals surface area contributed by atoms with Crippen LogP contribution in [0.25, 0.3) is 0 Å². The van der Waals surface area contributed by atoms with E-state index in [1.807, 2.05) is 0 Å². The summed E-state index contributed by atoms with van der Waals surface area (Å²) in [4.78, 5) is 15.5. The predicted octanol–water partition coefficient (Wildman–Crippen LogP) is -0.392. The summed E-state index contributed by atoms with van der Waals surface area (Å²) in [6.07, 6.45) is 1.82. The number of halogens is 1. The van der Waals surface area contributed by atoms with Crippen molar-refractivity contribution in [2.45, 2.75) is 12.1 Å². The molecule has 2 rings (SSSR count). The second kappa shape index (κ2) is 3.47. The number of carbonyl (C=O) groups excluding carboxylic acids is 1. The molecule has 0 saturated heterocycles. The van der Waals surface area contributed by atoms with Crippen LogP contribution >= 0.6 is 0 Å². The largest absolute Gasteiger partial charge is 0.375 e. The Balaban J connectivity index is 2.43. The minimum Gasteiger partial charge on any atom is -0.375 e. The van der Waals surface area contributed by atoms with Gasteiger partial charge in [0.1, 0.15) is 18.0 Å². The van der Waals surface area contributed by atoms with Crippen LogP contribution < -0.4 is 11.1 Å². The SMILES string of the molecule is COC1C=C(F)C=C2C(=O)NC(N)=NC21. The number of nitrogens with zero attached hydrogens (tertiary/aromatic N) is 1. The number of carbonyl (C=O) groups is 1. The zero-order valence-electron chi connectivity index (χ0n) is 8.03. The Bertz CT molecular complexity index is 400. The number of ether oxygens (including phenoxy) is 1. The van der Waals surface area contributed by atoms with E-state index in [9.17, 15) is 9.18 Å². The Morgan fingerprint density at radius 3 is 3.07 bits per heavy atom. The number of allylic oxidation sites excluding steroid dienone is 2. The fourth-order valence-electron chi connectivity index (χ4n) is 1.62. The third-order valence-corrected chi connectivity index (χ3v) is 2.30. The molecule has 1 amide bonds. The molecule has 80 valence electrons. The van der Waals surface area contributed by atoms with Crippen molar-refractivity contribution in [3.63, 3.8) is 0 Å². The molecule has 1 aliphatic heterocycles. The van der Waals surface area contributed by atoms with Gasteiger partial charge in [-0.3, -0.25) is 10.1 Å². The van der Waals surface area contributed by atoms with E-state index in [0.717, 1.165) is 6.08 Å². The predicted molar refractivity (Wildman–Crippen MR) is 51.6 cm³/mol. The summed E-state index contributed by atoms with van der Waals surface area (Å²) in [6.45, 7) is 0. The van der Waals surface area contributed by atoms with Gasteiger partial charge in [0.05, 0.1) is 0 Å². The molecule has 0 bridgehead atoms. The van der Waals surface area contributed by atoms with Crippen LogP contribution in [0, 0.1) is 0 Å². The average Bonchev–Trinajstić information content (AvgIpc) is 2.18. The molecule has 3 N–H and O–H groups in total. The minimum atomic E-state index is -0.588. The summed E-state index contributed by atoms with van der Waals surface area (Å²) >= 11 is 0. The molecular weight excluding hydrogens is 201 g/mol. The lowest BCUT2D eigenvalue weighted by molar-refractivity contribution is -0.117. The molecule has 2 unspecified atom stereocenters. The molecule has 0 fully saturated rings. The molecule has 1 heterocycles. The van der Waals surface area contributed by atoms with Gasteiger partial charge in [-0.05, 0) is 12.2 Å². The maximum Gasteiger partial charge on any atom is 0.256 e. The summed E-state index contributed by atoms with van der Waals surface area (Å²) in [7, 11) is 1.43. The zero-order valence-corrected chi connectivity index (χ0v) is 8.03. The molecule has 1 aliphatic carbocycles. The van der Waals surface area contributed by atoms with Crippen molar-refractivity contribution in [2.75, 3.05) is 7.11 Å². The lowest BCUT2D eigenvalue weighted by Crippen LogP contribution is -2.48. The van der Waals surface area contributed by atoms with Gasteiger partial charge in [-0.25, -0.2) is 9.38 Å². The van der Waals surface area contributed by atoms with E-state index in [4.69, 9.17) is 10.5 Å². The van der Waals surface area contributed by atoms with E-state index in [1.54, 1.807) is 0 Å². The van der Waals surface area contributed by atoms with Crippen molar-refractivity contribution in [3.05, 3.63) is 23.6 Å². The molecule has 15 heavy (non-hydrogen) atoms. The molecule has 0 aromatic carbocycles. The molecule has 0 aromatic rings. The smallest absolute Gasteiger partial charge is 0.256 e. The van der Waals surface area contributed by atoms with Crippen LogP contribution in [0.15, 0.2) is 28.5 Å². The maximum atomic E-state index is 13.1. The van der Waals surface area contributed by atoms with Gasteiger partial charge in [-0.2, -0.15) is 0 Å². The number of fused-ring (bicyclic) bond motifs is 1. The number of nitrogens with two attached hydrogens (primary N) is 1. The fraction of sp³-hybridized carbons (Fsp3) is 0.333. The Kier molecular flexibility index (Phi) is 2.28. The van der Waals surface area contributed by atoms with Gasteiger partial charge < -0.3 is 10.5 Å². The number of amides is 1. The second-order valence-electron chi connectivity index (χ2n) is 3.26. The molecule has 6 heteroatoms. The number of hydrogen-bond acceptors (Lipinski definition) is 4. The van der Waals surface area contributed by atoms with Gasteiger partial charge in [-0.1, -0.05) is 0 Å². The molecule has 2 aliphatic rings. The highest BCUT2D eigenvalue weighted by molar-refractivity contribution is 6.08. The number of hydrogen-bond donors (Lipinski definition) is 2. The molecule has 0 spiro atoms. The first-order valence-corrected chi connectivity index (χ1v) is 4.38. The first-order chi connectivity index (χ1) is 7.11. The number of nitrogens with one attached hydrogen (secondary N) is 1. The van der Waals surface area contributed by atoms with Crippen molar-refractivity contribution in [2.24, 2.45) is 10.7 Å². The van der Waals surface area contributed by atoms with E-state index in [1.165, 1.54) is 13.2 Å². The first kappa shape index (κ1) is 9.85. The van der Waals surface area contributed by atoms with E-state index in [0.29, 0.717) is 0 Å². The fourth-order valence-corrected chi connectivity index (χ4v) is 1.62. The van der Waals surface area contributed by atoms with E-state index in [2.05, 4.69) is 10.3 Å². The van der Waals surface area contributed by atoms with Gasteiger partial charge in [-0.15, -0.1) is 0 Å².